The van der Waals surface area contributed by atoms with Gasteiger partial charge in [-0.05, 0) is 68.6 Å². The van der Waals surface area contributed by atoms with E-state index < -0.39 is 10.8 Å². The molecule has 0 aliphatic rings. The number of aromatic nitrogens is 5. The molecular weight excluding hydrogens is 645 g/mol. The van der Waals surface area contributed by atoms with Crippen molar-refractivity contribution in [3.05, 3.63) is 97.9 Å². The number of nitrogens with zero attached hydrogens (tertiary/aromatic N) is 7. The lowest BCUT2D eigenvalue weighted by atomic mass is 10.1. The Kier molecular flexibility index (Phi) is 8.85. The molecule has 0 saturated carbocycles. The van der Waals surface area contributed by atoms with Crippen LogP contribution in [0.15, 0.2) is 74.9 Å². The molecule has 0 saturated heterocycles. The summed E-state index contributed by atoms with van der Waals surface area (Å²) in [5.41, 5.74) is 9.29. The van der Waals surface area contributed by atoms with Gasteiger partial charge in [-0.2, -0.15) is 9.78 Å². The van der Waals surface area contributed by atoms with Gasteiger partial charge in [-0.1, -0.05) is 29.5 Å². The fourth-order valence-corrected chi connectivity index (χ4v) is 4.54. The number of nitrogen functional groups attached to an aromatic ring is 1. The van der Waals surface area contributed by atoms with E-state index in [9.17, 15) is 19.3 Å². The quantitative estimate of drug-likeness (QED) is 0.115. The van der Waals surface area contributed by atoms with Gasteiger partial charge in [-0.15, -0.1) is 5.10 Å². The van der Waals surface area contributed by atoms with Crippen molar-refractivity contribution in [1.29, 1.82) is 0 Å². The number of ether oxygens (including phenoxy) is 2. The van der Waals surface area contributed by atoms with Crippen molar-refractivity contribution in [3.63, 3.8) is 0 Å². The number of carbonyl (C=O) groups excluding carboxylic acids is 1. The predicted octanol–water partition coefficient (Wildman–Crippen LogP) is 4.45. The third kappa shape index (κ3) is 6.51. The van der Waals surface area contributed by atoms with Crippen LogP contribution in [0, 0.1) is 15.9 Å². The molecule has 0 radical (unpaired) electrons. The maximum atomic E-state index is 13.2. The van der Waals surface area contributed by atoms with E-state index in [1.165, 1.54) is 42.6 Å². The number of halogens is 2. The van der Waals surface area contributed by atoms with Gasteiger partial charge in [0.15, 0.2) is 17.2 Å². The van der Waals surface area contributed by atoms with Gasteiger partial charge in [0.1, 0.15) is 18.1 Å². The highest BCUT2D eigenvalue weighted by Gasteiger charge is 2.26. The Labute approximate surface area is 255 Å². The van der Waals surface area contributed by atoms with E-state index in [1.54, 1.807) is 24.3 Å². The maximum Gasteiger partial charge on any atom is 0.294 e. The first-order valence-corrected chi connectivity index (χ1v) is 13.5. The topological polar surface area (TPSA) is 199 Å². The zero-order chi connectivity index (χ0) is 31.2. The minimum Gasteiger partial charge on any atom is -0.490 e. The van der Waals surface area contributed by atoms with E-state index in [0.717, 1.165) is 10.2 Å². The third-order valence-electron chi connectivity index (χ3n) is 5.92. The van der Waals surface area contributed by atoms with Gasteiger partial charge >= 0.3 is 0 Å². The lowest BCUT2D eigenvalue weighted by molar-refractivity contribution is -0.384. The first kappa shape index (κ1) is 29.8. The molecule has 0 aliphatic carbocycles. The highest BCUT2D eigenvalue weighted by molar-refractivity contribution is 9.10. The number of hydrazone groups is 1. The summed E-state index contributed by atoms with van der Waals surface area (Å²) in [6, 6.07) is 14.8. The van der Waals surface area contributed by atoms with Crippen LogP contribution in [0.4, 0.5) is 15.9 Å². The van der Waals surface area contributed by atoms with E-state index in [-0.39, 0.29) is 46.7 Å². The van der Waals surface area contributed by atoms with E-state index >= 15 is 0 Å². The predicted molar refractivity (Wildman–Crippen MR) is 157 cm³/mol. The summed E-state index contributed by atoms with van der Waals surface area (Å²) in [4.78, 5) is 24.0. The van der Waals surface area contributed by atoms with Crippen molar-refractivity contribution < 1.29 is 28.2 Å². The first-order chi connectivity index (χ1) is 21.2. The smallest absolute Gasteiger partial charge is 0.294 e. The zero-order valence-electron chi connectivity index (χ0n) is 22.7. The lowest BCUT2D eigenvalue weighted by Gasteiger charge is -2.14. The Balaban J connectivity index is 1.39. The second kappa shape index (κ2) is 13.1. The number of nitrogens with one attached hydrogen (secondary N) is 1. The number of anilines is 1. The molecule has 2 heterocycles. The highest BCUT2D eigenvalue weighted by atomic mass is 79.9. The van der Waals surface area contributed by atoms with Crippen LogP contribution in [0.2, 0.25) is 0 Å². The lowest BCUT2D eigenvalue weighted by Crippen LogP contribution is -2.19. The minimum atomic E-state index is -0.785. The monoisotopic (exact) mass is 665 g/mol. The highest BCUT2D eigenvalue weighted by Crippen LogP contribution is 2.37. The Hall–Kier alpha value is -5.71. The van der Waals surface area contributed by atoms with Crippen LogP contribution in [0.25, 0.3) is 17.1 Å². The van der Waals surface area contributed by atoms with E-state index in [0.29, 0.717) is 28.1 Å². The largest absolute Gasteiger partial charge is 0.490 e. The van der Waals surface area contributed by atoms with Crippen LogP contribution in [0.3, 0.4) is 0 Å². The number of non-ortho nitro benzene ring substituents is 1. The minimum absolute atomic E-state index is 0.0350. The molecule has 44 heavy (non-hydrogen) atoms. The van der Waals surface area contributed by atoms with Gasteiger partial charge in [0.25, 0.3) is 11.6 Å². The molecule has 0 fully saturated rings. The molecule has 0 atom stereocenters. The van der Waals surface area contributed by atoms with Gasteiger partial charge in [0.05, 0.1) is 22.2 Å². The average Bonchev–Trinajstić information content (AvgIpc) is 3.64. The van der Waals surface area contributed by atoms with E-state index in [1.807, 2.05) is 6.92 Å². The SMILES string of the molecule is CCOc1cc(/C=N\NC(=O)c2nnn(-c3nonc3N)c2-c2cccc([N+](=O)[O-])c2)cc(Br)c1OCc1ccc(F)cc1. The molecule has 5 rings (SSSR count). The number of carbonyl (C=O) groups is 1. The zero-order valence-corrected chi connectivity index (χ0v) is 24.3. The van der Waals surface area contributed by atoms with E-state index in [2.05, 4.69) is 51.7 Å². The number of hydrogen-bond donors (Lipinski definition) is 2. The van der Waals surface area contributed by atoms with Gasteiger partial charge in [0.2, 0.25) is 11.6 Å². The van der Waals surface area contributed by atoms with Crippen LogP contribution in [0.5, 0.6) is 11.5 Å². The second-order valence-corrected chi connectivity index (χ2v) is 9.71. The summed E-state index contributed by atoms with van der Waals surface area (Å²) in [5, 5.41) is 30.5. The van der Waals surface area contributed by atoms with Gasteiger partial charge < -0.3 is 15.2 Å². The van der Waals surface area contributed by atoms with Gasteiger partial charge in [-0.3, -0.25) is 14.9 Å². The summed E-state index contributed by atoms with van der Waals surface area (Å²) < 4.78 is 31.2. The van der Waals surface area contributed by atoms with Crippen molar-refractivity contribution in [2.45, 2.75) is 13.5 Å². The summed E-state index contributed by atoms with van der Waals surface area (Å²) >= 11 is 3.48. The third-order valence-corrected chi connectivity index (χ3v) is 6.51. The molecule has 0 bridgehead atoms. The van der Waals surface area contributed by atoms with Crippen LogP contribution >= 0.6 is 15.9 Å². The summed E-state index contributed by atoms with van der Waals surface area (Å²) in [6.45, 7) is 2.33. The Morgan fingerprint density at radius 1 is 1.20 bits per heavy atom. The molecule has 0 spiro atoms. The molecule has 17 heteroatoms. The molecule has 3 N–H and O–H groups in total. The van der Waals surface area contributed by atoms with Crippen molar-refractivity contribution >= 4 is 39.6 Å². The fourth-order valence-electron chi connectivity index (χ4n) is 3.97. The second-order valence-electron chi connectivity index (χ2n) is 8.86. The van der Waals surface area contributed by atoms with Crippen LogP contribution < -0.4 is 20.6 Å². The summed E-state index contributed by atoms with van der Waals surface area (Å²) in [5.74, 6) is -0.512. The number of hydrogen-bond acceptors (Lipinski definition) is 12. The Morgan fingerprint density at radius 2 is 2.00 bits per heavy atom. The Bertz CT molecular complexity index is 1860. The van der Waals surface area contributed by atoms with Crippen molar-refractivity contribution in [2.24, 2.45) is 5.10 Å². The molecule has 3 aromatic carbocycles. The molecule has 2 aromatic heterocycles. The summed E-state index contributed by atoms with van der Waals surface area (Å²) in [6.07, 6.45) is 1.37. The number of nitro benzene ring substituents is 1. The van der Waals surface area contributed by atoms with E-state index in [4.69, 9.17) is 15.2 Å². The average molecular weight is 666 g/mol. The normalized spacial score (nSPS) is 11.1. The van der Waals surface area contributed by atoms with Gasteiger partial charge in [0, 0.05) is 17.7 Å². The number of rotatable bonds is 11. The van der Waals surface area contributed by atoms with Crippen LogP contribution in [0.1, 0.15) is 28.5 Å². The van der Waals surface area contributed by atoms with Gasteiger partial charge in [-0.25, -0.2) is 14.4 Å². The molecule has 1 amide bonds. The van der Waals surface area contributed by atoms with Crippen LogP contribution in [-0.2, 0) is 6.61 Å². The number of amides is 1. The Morgan fingerprint density at radius 3 is 2.70 bits per heavy atom. The molecule has 15 nitrogen and oxygen atoms in total. The van der Waals surface area contributed by atoms with Crippen LogP contribution in [-0.4, -0.2) is 49.0 Å². The standard InChI is InChI=1S/C27H21BrFN9O6/c1-2-42-21-11-16(10-20(28)24(21)43-14-15-6-8-18(29)9-7-15)13-31-33-27(39)22-23(17-4-3-5-19(12-17)38(40)41)37(36-32-22)26-25(30)34-44-35-26/h3-13H,2,14H2,1H3,(H2,30,34)(H,33,39)/b31-13-. The number of nitro groups is 1. The molecule has 0 aliphatic heterocycles. The summed E-state index contributed by atoms with van der Waals surface area (Å²) in [7, 11) is 0. The molecule has 0 unspecified atom stereocenters. The first-order valence-electron chi connectivity index (χ1n) is 12.7. The van der Waals surface area contributed by atoms with Crippen molar-refractivity contribution in [1.82, 2.24) is 30.7 Å². The maximum absolute atomic E-state index is 13.2. The molecule has 224 valence electrons. The van der Waals surface area contributed by atoms with Crippen molar-refractivity contribution in [2.75, 3.05) is 12.3 Å². The number of nitrogens with two attached hydrogens (primary N) is 1. The number of benzene rings is 3. The molecule has 5 aromatic rings. The molecular formula is C27H21BrFN9O6. The fraction of sp³-hybridized carbons (Fsp3) is 0.111. The van der Waals surface area contributed by atoms with Crippen molar-refractivity contribution in [3.8, 4) is 28.6 Å².